The maximum Gasteiger partial charge on any atom is 0.275 e. The minimum absolute atomic E-state index is 0.162. The number of nitrogens with one attached hydrogen (secondary N) is 1. The topological polar surface area (TPSA) is 77.2 Å². The number of amides is 1. The Kier molecular flexibility index (Phi) is 3.97. The monoisotopic (exact) mass is 311 g/mol. The van der Waals surface area contributed by atoms with E-state index in [2.05, 4.69) is 15.3 Å². The van der Waals surface area contributed by atoms with Crippen molar-refractivity contribution in [1.82, 2.24) is 15.3 Å². The second-order valence-electron chi connectivity index (χ2n) is 5.27. The molecule has 1 amide bonds. The summed E-state index contributed by atoms with van der Waals surface area (Å²) < 4.78 is 10.4. The van der Waals surface area contributed by atoms with E-state index < -0.39 is 0 Å². The van der Waals surface area contributed by atoms with Crippen molar-refractivity contribution >= 4 is 16.9 Å². The van der Waals surface area contributed by atoms with Gasteiger partial charge in [0.15, 0.2) is 5.69 Å². The van der Waals surface area contributed by atoms with Crippen molar-refractivity contribution in [1.29, 1.82) is 0 Å². The summed E-state index contributed by atoms with van der Waals surface area (Å²) in [6, 6.07) is 7.41. The molecule has 3 rings (SSSR count). The largest absolute Gasteiger partial charge is 0.479 e. The molecule has 0 saturated heterocycles. The number of benzene rings is 1. The molecule has 0 aliphatic heterocycles. The van der Waals surface area contributed by atoms with Gasteiger partial charge in [-0.1, -0.05) is 0 Å². The van der Waals surface area contributed by atoms with Crippen LogP contribution in [0.2, 0.25) is 0 Å². The molecule has 0 bridgehead atoms. The van der Waals surface area contributed by atoms with Crippen LogP contribution in [-0.4, -0.2) is 23.0 Å². The maximum absolute atomic E-state index is 12.4. The smallest absolute Gasteiger partial charge is 0.275 e. The first-order valence-corrected chi connectivity index (χ1v) is 7.22. The first kappa shape index (κ1) is 15.0. The lowest BCUT2D eigenvalue weighted by Crippen LogP contribution is -2.24. The van der Waals surface area contributed by atoms with Crippen LogP contribution in [0.3, 0.4) is 0 Å². The molecular weight excluding hydrogens is 294 g/mol. The number of carbonyl (C=O) groups excluding carboxylic acids is 1. The predicted molar refractivity (Wildman–Crippen MR) is 85.4 cm³/mol. The standard InChI is InChI=1S/C17H17N3O3/c1-10-7-13-14(8-11(10)2)20-17(22-3)15(19-13)16(21)18-9-12-5-4-6-23-12/h4-8H,9H2,1-3H3,(H,18,21). The summed E-state index contributed by atoms with van der Waals surface area (Å²) in [4.78, 5) is 21.2. The lowest BCUT2D eigenvalue weighted by molar-refractivity contribution is 0.0939. The van der Waals surface area contributed by atoms with E-state index in [0.717, 1.165) is 11.1 Å². The van der Waals surface area contributed by atoms with Crippen molar-refractivity contribution < 1.29 is 13.9 Å². The number of aromatic nitrogens is 2. The van der Waals surface area contributed by atoms with Gasteiger partial charge in [-0.25, -0.2) is 9.97 Å². The predicted octanol–water partition coefficient (Wildman–Crippen LogP) is 2.78. The first-order valence-electron chi connectivity index (χ1n) is 7.22. The van der Waals surface area contributed by atoms with Crippen LogP contribution >= 0.6 is 0 Å². The summed E-state index contributed by atoms with van der Waals surface area (Å²) in [6.45, 7) is 4.28. The van der Waals surface area contributed by atoms with Crippen LogP contribution in [0.5, 0.6) is 5.88 Å². The second-order valence-corrected chi connectivity index (χ2v) is 5.27. The summed E-state index contributed by atoms with van der Waals surface area (Å²) in [5.41, 5.74) is 3.74. The minimum Gasteiger partial charge on any atom is -0.479 e. The van der Waals surface area contributed by atoms with Crippen LogP contribution in [0.25, 0.3) is 11.0 Å². The Labute approximate surface area is 133 Å². The molecule has 0 spiro atoms. The molecule has 1 N–H and O–H groups in total. The van der Waals surface area contributed by atoms with Crippen molar-refractivity contribution in [2.75, 3.05) is 7.11 Å². The van der Waals surface area contributed by atoms with E-state index in [1.54, 1.807) is 18.4 Å². The Hall–Kier alpha value is -2.89. The molecular formula is C17H17N3O3. The minimum atomic E-state index is -0.356. The normalized spacial score (nSPS) is 10.7. The maximum atomic E-state index is 12.4. The number of fused-ring (bicyclic) bond motifs is 1. The lowest BCUT2D eigenvalue weighted by atomic mass is 10.1. The van der Waals surface area contributed by atoms with Crippen LogP contribution < -0.4 is 10.1 Å². The number of ether oxygens (including phenoxy) is 1. The number of hydrogen-bond acceptors (Lipinski definition) is 5. The average Bonchev–Trinajstić information content (AvgIpc) is 3.06. The number of nitrogens with zero attached hydrogens (tertiary/aromatic N) is 2. The second kappa shape index (κ2) is 6.08. The Morgan fingerprint density at radius 2 is 1.91 bits per heavy atom. The van der Waals surface area contributed by atoms with Gasteiger partial charge in [-0.15, -0.1) is 0 Å². The van der Waals surface area contributed by atoms with Gasteiger partial charge in [0.2, 0.25) is 5.88 Å². The summed E-state index contributed by atoms with van der Waals surface area (Å²) >= 11 is 0. The molecule has 0 radical (unpaired) electrons. The van der Waals surface area contributed by atoms with Crippen LogP contribution in [0, 0.1) is 13.8 Å². The third-order valence-electron chi connectivity index (χ3n) is 3.66. The van der Waals surface area contributed by atoms with Gasteiger partial charge >= 0.3 is 0 Å². The van der Waals surface area contributed by atoms with Gasteiger partial charge in [-0.05, 0) is 49.2 Å². The van der Waals surface area contributed by atoms with Crippen molar-refractivity contribution in [2.45, 2.75) is 20.4 Å². The third kappa shape index (κ3) is 3.01. The zero-order valence-corrected chi connectivity index (χ0v) is 13.2. The van der Waals surface area contributed by atoms with Gasteiger partial charge in [0.05, 0.1) is 31.0 Å². The number of methoxy groups -OCH3 is 1. The quantitative estimate of drug-likeness (QED) is 0.801. The van der Waals surface area contributed by atoms with Crippen LogP contribution in [0.4, 0.5) is 0 Å². The highest BCUT2D eigenvalue weighted by atomic mass is 16.5. The molecule has 0 saturated carbocycles. The van der Waals surface area contributed by atoms with E-state index in [0.29, 0.717) is 16.8 Å². The first-order chi connectivity index (χ1) is 11.1. The summed E-state index contributed by atoms with van der Waals surface area (Å²) in [7, 11) is 1.47. The van der Waals surface area contributed by atoms with Gasteiger partial charge in [0.25, 0.3) is 5.91 Å². The molecule has 6 nitrogen and oxygen atoms in total. The van der Waals surface area contributed by atoms with Crippen LogP contribution in [0.15, 0.2) is 34.9 Å². The fraction of sp³-hybridized carbons (Fsp3) is 0.235. The average molecular weight is 311 g/mol. The molecule has 2 heterocycles. The summed E-state index contributed by atoms with van der Waals surface area (Å²) in [6.07, 6.45) is 1.56. The van der Waals surface area contributed by atoms with Gasteiger partial charge in [-0.3, -0.25) is 4.79 Å². The SMILES string of the molecule is COc1nc2cc(C)c(C)cc2nc1C(=O)NCc1ccco1. The zero-order chi connectivity index (χ0) is 16.4. The molecule has 23 heavy (non-hydrogen) atoms. The molecule has 0 aliphatic carbocycles. The van der Waals surface area contributed by atoms with Crippen molar-refractivity contribution in [3.8, 4) is 5.88 Å². The number of hydrogen-bond donors (Lipinski definition) is 1. The Bertz CT molecular complexity index is 857. The third-order valence-corrected chi connectivity index (χ3v) is 3.66. The van der Waals surface area contributed by atoms with E-state index in [4.69, 9.17) is 9.15 Å². The zero-order valence-electron chi connectivity index (χ0n) is 13.2. The van der Waals surface area contributed by atoms with Gasteiger partial charge in [0, 0.05) is 0 Å². The molecule has 0 aliphatic rings. The molecule has 118 valence electrons. The molecule has 0 unspecified atom stereocenters. The van der Waals surface area contributed by atoms with E-state index in [9.17, 15) is 4.79 Å². The van der Waals surface area contributed by atoms with Crippen molar-refractivity contribution in [2.24, 2.45) is 0 Å². The Morgan fingerprint density at radius 1 is 1.22 bits per heavy atom. The highest BCUT2D eigenvalue weighted by molar-refractivity contribution is 5.96. The van der Waals surface area contributed by atoms with Crippen molar-refractivity contribution in [3.63, 3.8) is 0 Å². The molecule has 3 aromatic rings. The Balaban J connectivity index is 1.94. The highest BCUT2D eigenvalue weighted by Crippen LogP contribution is 2.21. The number of carbonyl (C=O) groups is 1. The summed E-state index contributed by atoms with van der Waals surface area (Å²) in [5, 5.41) is 2.75. The number of aryl methyl sites for hydroxylation is 2. The fourth-order valence-corrected chi connectivity index (χ4v) is 2.25. The van der Waals surface area contributed by atoms with E-state index in [-0.39, 0.29) is 24.0 Å². The van der Waals surface area contributed by atoms with Crippen molar-refractivity contribution in [3.05, 3.63) is 53.1 Å². The summed E-state index contributed by atoms with van der Waals surface area (Å²) in [5.74, 6) is 0.515. The van der Waals surface area contributed by atoms with E-state index in [1.165, 1.54) is 7.11 Å². The fourth-order valence-electron chi connectivity index (χ4n) is 2.25. The number of rotatable bonds is 4. The number of furan rings is 1. The molecule has 0 atom stereocenters. The Morgan fingerprint density at radius 3 is 2.52 bits per heavy atom. The van der Waals surface area contributed by atoms with Gasteiger partial charge in [0.1, 0.15) is 5.76 Å². The van der Waals surface area contributed by atoms with E-state index in [1.807, 2.05) is 26.0 Å². The molecule has 1 aromatic carbocycles. The lowest BCUT2D eigenvalue weighted by Gasteiger charge is -2.10. The van der Waals surface area contributed by atoms with Crippen LogP contribution in [-0.2, 0) is 6.54 Å². The molecule has 0 fully saturated rings. The van der Waals surface area contributed by atoms with Crippen LogP contribution in [0.1, 0.15) is 27.4 Å². The highest BCUT2D eigenvalue weighted by Gasteiger charge is 2.18. The molecule has 2 aromatic heterocycles. The van der Waals surface area contributed by atoms with E-state index >= 15 is 0 Å². The molecule has 6 heteroatoms. The van der Waals surface area contributed by atoms with Gasteiger partial charge < -0.3 is 14.5 Å². The van der Waals surface area contributed by atoms with Gasteiger partial charge in [-0.2, -0.15) is 0 Å².